The fourth-order valence-corrected chi connectivity index (χ4v) is 1.67. The van der Waals surface area contributed by atoms with Gasteiger partial charge in [0.05, 0.1) is 12.8 Å². The molecule has 94 valence electrons. The molecule has 0 saturated heterocycles. The van der Waals surface area contributed by atoms with Crippen molar-refractivity contribution in [3.8, 4) is 5.75 Å². The summed E-state index contributed by atoms with van der Waals surface area (Å²) in [6, 6.07) is 8.51. The van der Waals surface area contributed by atoms with Crippen LogP contribution in [0.5, 0.6) is 5.75 Å². The molecule has 1 aromatic carbocycles. The Morgan fingerprint density at radius 2 is 2.17 bits per heavy atom. The maximum Gasteiger partial charge on any atom is 0.254 e. The quantitative estimate of drug-likeness (QED) is 0.904. The molecule has 1 aromatic heterocycles. The first kappa shape index (κ1) is 12.2. The van der Waals surface area contributed by atoms with Gasteiger partial charge in [-0.25, -0.2) is 0 Å². The van der Waals surface area contributed by atoms with Crippen LogP contribution in [0, 0.1) is 6.92 Å². The maximum absolute atomic E-state index is 12.1. The van der Waals surface area contributed by atoms with Crippen molar-refractivity contribution in [2.75, 3.05) is 7.05 Å². The molecule has 0 spiro atoms. The van der Waals surface area contributed by atoms with Crippen molar-refractivity contribution in [3.63, 3.8) is 0 Å². The fraction of sp³-hybridized carbons (Fsp3) is 0.214. The number of carbonyl (C=O) groups excluding carboxylic acids is 1. The Morgan fingerprint density at radius 1 is 1.39 bits per heavy atom. The Hall–Kier alpha value is -2.23. The van der Waals surface area contributed by atoms with E-state index in [1.54, 1.807) is 43.3 Å². The summed E-state index contributed by atoms with van der Waals surface area (Å²) in [6.45, 7) is 2.19. The lowest BCUT2D eigenvalue weighted by molar-refractivity contribution is 0.0775. The van der Waals surface area contributed by atoms with Crippen LogP contribution in [0.1, 0.15) is 21.7 Å². The van der Waals surface area contributed by atoms with Crippen LogP contribution in [0.25, 0.3) is 0 Å². The lowest BCUT2D eigenvalue weighted by Gasteiger charge is -2.16. The van der Waals surface area contributed by atoms with Crippen molar-refractivity contribution in [1.29, 1.82) is 0 Å². The summed E-state index contributed by atoms with van der Waals surface area (Å²) >= 11 is 0. The molecule has 4 heteroatoms. The normalized spacial score (nSPS) is 10.3. The van der Waals surface area contributed by atoms with E-state index in [1.807, 2.05) is 6.07 Å². The highest BCUT2D eigenvalue weighted by molar-refractivity contribution is 5.94. The third kappa shape index (κ3) is 2.53. The second-order valence-electron chi connectivity index (χ2n) is 4.24. The number of hydrogen-bond donors (Lipinski definition) is 1. The van der Waals surface area contributed by atoms with Gasteiger partial charge in [-0.05, 0) is 36.8 Å². The molecule has 1 amide bonds. The van der Waals surface area contributed by atoms with E-state index in [9.17, 15) is 9.90 Å². The molecule has 4 nitrogen and oxygen atoms in total. The molecule has 2 aromatic rings. The lowest BCUT2D eigenvalue weighted by Crippen LogP contribution is -2.25. The summed E-state index contributed by atoms with van der Waals surface area (Å²) in [4.78, 5) is 13.7. The molecule has 0 atom stereocenters. The number of hydrogen-bond acceptors (Lipinski definition) is 3. The molecule has 0 unspecified atom stereocenters. The fourth-order valence-electron chi connectivity index (χ4n) is 1.67. The molecule has 2 rings (SSSR count). The van der Waals surface area contributed by atoms with E-state index in [2.05, 4.69) is 0 Å². The predicted octanol–water partition coefficient (Wildman–Crippen LogP) is 2.57. The van der Waals surface area contributed by atoms with Gasteiger partial charge in [0, 0.05) is 12.6 Å². The highest BCUT2D eigenvalue weighted by Crippen LogP contribution is 2.18. The summed E-state index contributed by atoms with van der Waals surface area (Å²) < 4.78 is 5.19. The van der Waals surface area contributed by atoms with Gasteiger partial charge in [-0.1, -0.05) is 6.07 Å². The minimum absolute atomic E-state index is 0.132. The van der Waals surface area contributed by atoms with E-state index in [4.69, 9.17) is 4.42 Å². The molecular formula is C14H15NO3. The Labute approximate surface area is 105 Å². The first-order valence-electron chi connectivity index (χ1n) is 5.65. The molecule has 1 N–H and O–H groups in total. The molecule has 0 saturated carbocycles. The van der Waals surface area contributed by atoms with Gasteiger partial charge in [0.1, 0.15) is 11.5 Å². The second-order valence-corrected chi connectivity index (χ2v) is 4.24. The monoisotopic (exact) mass is 245 g/mol. The van der Waals surface area contributed by atoms with E-state index >= 15 is 0 Å². The maximum atomic E-state index is 12.1. The van der Waals surface area contributed by atoms with Crippen LogP contribution >= 0.6 is 0 Å². The molecular weight excluding hydrogens is 230 g/mol. The van der Waals surface area contributed by atoms with Crippen molar-refractivity contribution >= 4 is 5.91 Å². The Kier molecular flexibility index (Phi) is 3.37. The van der Waals surface area contributed by atoms with Crippen LogP contribution in [-0.2, 0) is 6.54 Å². The molecule has 0 aliphatic carbocycles. The first-order valence-corrected chi connectivity index (χ1v) is 5.65. The smallest absolute Gasteiger partial charge is 0.254 e. The predicted molar refractivity (Wildman–Crippen MR) is 67.3 cm³/mol. The van der Waals surface area contributed by atoms with Crippen LogP contribution < -0.4 is 0 Å². The minimum Gasteiger partial charge on any atom is -0.508 e. The van der Waals surface area contributed by atoms with Crippen molar-refractivity contribution in [3.05, 3.63) is 53.5 Å². The van der Waals surface area contributed by atoms with Gasteiger partial charge in [-0.15, -0.1) is 0 Å². The van der Waals surface area contributed by atoms with Gasteiger partial charge in [0.25, 0.3) is 5.91 Å². The van der Waals surface area contributed by atoms with Gasteiger partial charge in [-0.3, -0.25) is 4.79 Å². The Morgan fingerprint density at radius 3 is 2.78 bits per heavy atom. The second kappa shape index (κ2) is 4.96. The van der Waals surface area contributed by atoms with E-state index in [-0.39, 0.29) is 11.7 Å². The minimum atomic E-state index is -0.151. The number of carbonyl (C=O) groups is 1. The molecule has 0 bridgehead atoms. The number of furan rings is 1. The average Bonchev–Trinajstić information content (AvgIpc) is 2.84. The largest absolute Gasteiger partial charge is 0.508 e. The van der Waals surface area contributed by atoms with Gasteiger partial charge >= 0.3 is 0 Å². The van der Waals surface area contributed by atoms with Gasteiger partial charge in [0.2, 0.25) is 0 Å². The topological polar surface area (TPSA) is 53.7 Å². The van der Waals surface area contributed by atoms with Crippen molar-refractivity contribution in [1.82, 2.24) is 4.90 Å². The number of aromatic hydroxyl groups is 1. The van der Waals surface area contributed by atoms with E-state index in [0.29, 0.717) is 12.1 Å². The summed E-state index contributed by atoms with van der Waals surface area (Å²) in [5, 5.41) is 9.60. The van der Waals surface area contributed by atoms with E-state index in [1.165, 1.54) is 6.07 Å². The zero-order chi connectivity index (χ0) is 13.1. The summed E-state index contributed by atoms with van der Waals surface area (Å²) in [7, 11) is 1.70. The molecule has 0 radical (unpaired) electrons. The number of phenols is 1. The Balaban J connectivity index is 2.12. The van der Waals surface area contributed by atoms with E-state index in [0.717, 1.165) is 11.3 Å². The van der Waals surface area contributed by atoms with Gasteiger partial charge in [0.15, 0.2) is 0 Å². The van der Waals surface area contributed by atoms with Crippen molar-refractivity contribution in [2.45, 2.75) is 13.5 Å². The summed E-state index contributed by atoms with van der Waals surface area (Å²) in [5.74, 6) is 0.705. The van der Waals surface area contributed by atoms with E-state index < -0.39 is 0 Å². The SMILES string of the molecule is Cc1ccc(C(=O)N(C)Cc2ccco2)cc1O. The summed E-state index contributed by atoms with van der Waals surface area (Å²) in [5.41, 5.74) is 1.22. The molecule has 0 fully saturated rings. The van der Waals surface area contributed by atoms with Gasteiger partial charge < -0.3 is 14.4 Å². The molecule has 0 aliphatic rings. The third-order valence-electron chi connectivity index (χ3n) is 2.78. The zero-order valence-corrected chi connectivity index (χ0v) is 10.4. The van der Waals surface area contributed by atoms with Crippen LogP contribution in [-0.4, -0.2) is 23.0 Å². The van der Waals surface area contributed by atoms with Crippen LogP contribution in [0.2, 0.25) is 0 Å². The Bertz CT molecular complexity index is 546. The van der Waals surface area contributed by atoms with Gasteiger partial charge in [-0.2, -0.15) is 0 Å². The standard InChI is InChI=1S/C14H15NO3/c1-10-5-6-11(8-13(10)16)14(17)15(2)9-12-4-3-7-18-12/h3-8,16H,9H2,1-2H3. The third-order valence-corrected chi connectivity index (χ3v) is 2.78. The lowest BCUT2D eigenvalue weighted by atomic mass is 10.1. The highest BCUT2D eigenvalue weighted by Gasteiger charge is 2.14. The number of benzene rings is 1. The highest BCUT2D eigenvalue weighted by atomic mass is 16.3. The number of nitrogens with zero attached hydrogens (tertiary/aromatic N) is 1. The van der Waals surface area contributed by atoms with Crippen molar-refractivity contribution in [2.24, 2.45) is 0 Å². The number of aryl methyl sites for hydroxylation is 1. The molecule has 18 heavy (non-hydrogen) atoms. The average molecular weight is 245 g/mol. The van der Waals surface area contributed by atoms with Crippen molar-refractivity contribution < 1.29 is 14.3 Å². The molecule has 1 heterocycles. The number of phenolic OH excluding ortho intramolecular Hbond substituents is 1. The summed E-state index contributed by atoms with van der Waals surface area (Å²) in [6.07, 6.45) is 1.57. The zero-order valence-electron chi connectivity index (χ0n) is 10.4. The van der Waals surface area contributed by atoms with Crippen LogP contribution in [0.3, 0.4) is 0 Å². The number of rotatable bonds is 3. The molecule has 0 aliphatic heterocycles. The van der Waals surface area contributed by atoms with Crippen LogP contribution in [0.4, 0.5) is 0 Å². The first-order chi connectivity index (χ1) is 8.58. The van der Waals surface area contributed by atoms with Crippen LogP contribution in [0.15, 0.2) is 41.0 Å². The number of amides is 1.